The van der Waals surface area contributed by atoms with Crippen molar-refractivity contribution in [3.05, 3.63) is 81.5 Å². The first-order valence-electron chi connectivity index (χ1n) is 9.26. The van der Waals surface area contributed by atoms with E-state index in [9.17, 15) is 9.59 Å². The molecule has 0 radical (unpaired) electrons. The van der Waals surface area contributed by atoms with E-state index in [1.165, 1.54) is 11.8 Å². The van der Waals surface area contributed by atoms with Crippen molar-refractivity contribution >= 4 is 44.7 Å². The van der Waals surface area contributed by atoms with Crippen molar-refractivity contribution in [3.8, 4) is 0 Å². The molecule has 1 unspecified atom stereocenters. The van der Waals surface area contributed by atoms with Crippen LogP contribution in [0.3, 0.4) is 0 Å². The number of rotatable bonds is 4. The van der Waals surface area contributed by atoms with Crippen LogP contribution in [0.1, 0.15) is 30.5 Å². The smallest absolute Gasteiger partial charge is 0.338 e. The van der Waals surface area contributed by atoms with Crippen LogP contribution in [0.25, 0.3) is 0 Å². The third-order valence-electron chi connectivity index (χ3n) is 4.84. The lowest BCUT2D eigenvalue weighted by Crippen LogP contribution is -2.46. The molecule has 1 amide bonds. The number of allylic oxidation sites excluding steroid dienone is 1. The van der Waals surface area contributed by atoms with Crippen LogP contribution in [0.4, 0.5) is 0 Å². The number of hydrogen-bond acceptors (Lipinski definition) is 5. The highest BCUT2D eigenvalue weighted by Crippen LogP contribution is 2.42. The molecule has 2 aromatic rings. The average Bonchev–Trinajstić information content (AvgIpc) is 2.72. The van der Waals surface area contributed by atoms with Crippen LogP contribution >= 0.6 is 27.7 Å². The first-order chi connectivity index (χ1) is 14.1. The van der Waals surface area contributed by atoms with Gasteiger partial charge in [0.15, 0.2) is 5.17 Å². The van der Waals surface area contributed by atoms with Gasteiger partial charge in [-0.2, -0.15) is 0 Å². The van der Waals surface area contributed by atoms with Crippen molar-refractivity contribution < 1.29 is 14.3 Å². The lowest BCUT2D eigenvalue weighted by Gasteiger charge is -2.39. The molecule has 0 aliphatic carbocycles. The van der Waals surface area contributed by atoms with Crippen LogP contribution in [0.5, 0.6) is 0 Å². The fourth-order valence-corrected chi connectivity index (χ4v) is 4.96. The minimum Gasteiger partial charge on any atom is -0.457 e. The molecule has 29 heavy (non-hydrogen) atoms. The Morgan fingerprint density at radius 1 is 1.21 bits per heavy atom. The van der Waals surface area contributed by atoms with Crippen molar-refractivity contribution in [3.63, 3.8) is 0 Å². The van der Waals surface area contributed by atoms with Gasteiger partial charge in [-0.05, 0) is 24.1 Å². The second-order valence-corrected chi connectivity index (χ2v) is 8.66. The molecule has 2 aliphatic rings. The number of carbonyl (C=O) groups is 2. The third-order valence-corrected chi connectivity index (χ3v) is 6.52. The summed E-state index contributed by atoms with van der Waals surface area (Å²) in [6.45, 7) is 1.96. The largest absolute Gasteiger partial charge is 0.457 e. The van der Waals surface area contributed by atoms with Crippen LogP contribution in [-0.2, 0) is 20.9 Å². The first kappa shape index (κ1) is 19.9. The standard InChI is InChI=1S/C22H19BrN2O3S/c1-14-19(21(27)28-13-15-7-3-2-4-8-15)20(16-9-5-6-10-17(16)23)25-18(26)11-12-29-22(25)24-14/h2-10,20H,11-13H2,1H3. The maximum Gasteiger partial charge on any atom is 0.338 e. The summed E-state index contributed by atoms with van der Waals surface area (Å²) in [5.74, 6) is 0.195. The molecule has 5 nitrogen and oxygen atoms in total. The van der Waals surface area contributed by atoms with E-state index in [0.29, 0.717) is 28.6 Å². The minimum atomic E-state index is -0.568. The van der Waals surface area contributed by atoms with Gasteiger partial charge in [-0.3, -0.25) is 9.69 Å². The van der Waals surface area contributed by atoms with E-state index in [1.54, 1.807) is 11.8 Å². The van der Waals surface area contributed by atoms with Crippen molar-refractivity contribution in [1.82, 2.24) is 4.90 Å². The highest BCUT2D eigenvalue weighted by atomic mass is 79.9. The summed E-state index contributed by atoms with van der Waals surface area (Å²) in [7, 11) is 0. The second-order valence-electron chi connectivity index (χ2n) is 6.74. The molecule has 1 atom stereocenters. The number of halogens is 1. The van der Waals surface area contributed by atoms with Gasteiger partial charge in [0.05, 0.1) is 17.3 Å². The van der Waals surface area contributed by atoms with E-state index < -0.39 is 12.0 Å². The number of aliphatic imine (C=N–C) groups is 1. The Bertz CT molecular complexity index is 1020. The molecule has 0 N–H and O–H groups in total. The molecule has 4 rings (SSSR count). The number of hydrogen-bond donors (Lipinski definition) is 0. The quantitative estimate of drug-likeness (QED) is 0.599. The zero-order chi connectivity index (χ0) is 20.4. The number of nitrogens with zero attached hydrogens (tertiary/aromatic N) is 2. The van der Waals surface area contributed by atoms with Crippen molar-refractivity contribution in [2.75, 3.05) is 5.75 Å². The van der Waals surface area contributed by atoms with E-state index in [0.717, 1.165) is 15.6 Å². The van der Waals surface area contributed by atoms with E-state index >= 15 is 0 Å². The topological polar surface area (TPSA) is 59.0 Å². The monoisotopic (exact) mass is 470 g/mol. The van der Waals surface area contributed by atoms with E-state index in [4.69, 9.17) is 4.74 Å². The fraction of sp³-hybridized carbons (Fsp3) is 0.227. The van der Waals surface area contributed by atoms with Gasteiger partial charge in [0.1, 0.15) is 6.61 Å². The SMILES string of the molecule is CC1=C(C(=O)OCc2ccccc2)C(c2ccccc2Br)N2C(=O)CCSC2=N1. The molecule has 7 heteroatoms. The molecule has 0 aromatic heterocycles. The average molecular weight is 471 g/mol. The fourth-order valence-electron chi connectivity index (χ4n) is 3.45. The predicted molar refractivity (Wildman–Crippen MR) is 117 cm³/mol. The predicted octanol–water partition coefficient (Wildman–Crippen LogP) is 4.84. The van der Waals surface area contributed by atoms with Crippen LogP contribution in [-0.4, -0.2) is 27.7 Å². The number of benzene rings is 2. The molecule has 2 aliphatic heterocycles. The molecule has 148 valence electrons. The van der Waals surface area contributed by atoms with E-state index in [-0.39, 0.29) is 12.5 Å². The van der Waals surface area contributed by atoms with Crippen LogP contribution in [0.15, 0.2) is 75.3 Å². The number of fused-ring (bicyclic) bond motifs is 1. The zero-order valence-corrected chi connectivity index (χ0v) is 18.2. The number of amides is 1. The molecular weight excluding hydrogens is 452 g/mol. The molecular formula is C22H19BrN2O3S. The summed E-state index contributed by atoms with van der Waals surface area (Å²) in [6.07, 6.45) is 0.413. The van der Waals surface area contributed by atoms with Gasteiger partial charge < -0.3 is 4.74 Å². The van der Waals surface area contributed by atoms with Crippen LogP contribution < -0.4 is 0 Å². The molecule has 2 heterocycles. The normalized spacial score (nSPS) is 19.0. The highest BCUT2D eigenvalue weighted by molar-refractivity contribution is 9.10. The molecule has 0 saturated carbocycles. The molecule has 0 spiro atoms. The Hall–Kier alpha value is -2.38. The Balaban J connectivity index is 1.73. The Morgan fingerprint density at radius 3 is 2.69 bits per heavy atom. The third kappa shape index (κ3) is 4.02. The van der Waals surface area contributed by atoms with Gasteiger partial charge in [0, 0.05) is 16.6 Å². The van der Waals surface area contributed by atoms with Gasteiger partial charge in [-0.1, -0.05) is 76.2 Å². The molecule has 2 aromatic carbocycles. The second kappa shape index (κ2) is 8.55. The summed E-state index contributed by atoms with van der Waals surface area (Å²) >= 11 is 5.12. The molecule has 1 saturated heterocycles. The zero-order valence-electron chi connectivity index (χ0n) is 15.8. The number of ether oxygens (including phenoxy) is 1. The van der Waals surface area contributed by atoms with Crippen molar-refractivity contribution in [2.24, 2.45) is 4.99 Å². The number of thioether (sulfide) groups is 1. The number of esters is 1. The summed E-state index contributed by atoms with van der Waals surface area (Å²) in [4.78, 5) is 32.2. The van der Waals surface area contributed by atoms with Crippen LogP contribution in [0, 0.1) is 0 Å². The van der Waals surface area contributed by atoms with Crippen LogP contribution in [0.2, 0.25) is 0 Å². The van der Waals surface area contributed by atoms with Gasteiger partial charge in [0.2, 0.25) is 5.91 Å². The highest BCUT2D eigenvalue weighted by Gasteiger charge is 2.42. The maximum absolute atomic E-state index is 13.1. The van der Waals surface area contributed by atoms with Crippen molar-refractivity contribution in [2.45, 2.75) is 26.0 Å². The molecule has 0 bridgehead atoms. The van der Waals surface area contributed by atoms with Gasteiger partial charge in [0.25, 0.3) is 0 Å². The minimum absolute atomic E-state index is 0.0379. The van der Waals surface area contributed by atoms with Gasteiger partial charge in [-0.15, -0.1) is 0 Å². The molecule has 1 fully saturated rings. The number of carbonyl (C=O) groups excluding carboxylic acids is 2. The maximum atomic E-state index is 13.1. The first-order valence-corrected chi connectivity index (χ1v) is 11.0. The Labute approximate surface area is 182 Å². The summed E-state index contributed by atoms with van der Waals surface area (Å²) in [6, 6.07) is 16.6. The van der Waals surface area contributed by atoms with Gasteiger partial charge in [-0.25, -0.2) is 9.79 Å². The summed E-state index contributed by atoms with van der Waals surface area (Å²) < 4.78 is 6.45. The number of amidine groups is 1. The van der Waals surface area contributed by atoms with E-state index in [1.807, 2.05) is 54.6 Å². The summed E-state index contributed by atoms with van der Waals surface area (Å²) in [5.41, 5.74) is 2.72. The lowest BCUT2D eigenvalue weighted by molar-refractivity contribution is -0.141. The Kier molecular flexibility index (Phi) is 5.87. The summed E-state index contributed by atoms with van der Waals surface area (Å²) in [5, 5.41) is 0.638. The van der Waals surface area contributed by atoms with Crippen molar-refractivity contribution in [1.29, 1.82) is 0 Å². The lowest BCUT2D eigenvalue weighted by atomic mass is 9.94. The van der Waals surface area contributed by atoms with Gasteiger partial charge >= 0.3 is 5.97 Å². The van der Waals surface area contributed by atoms with E-state index in [2.05, 4.69) is 20.9 Å². The Morgan fingerprint density at radius 2 is 1.93 bits per heavy atom.